The van der Waals surface area contributed by atoms with Crippen LogP contribution in [-0.4, -0.2) is 19.2 Å². The van der Waals surface area contributed by atoms with Crippen LogP contribution in [0.3, 0.4) is 0 Å². The molecular weight excluding hydrogens is 320 g/mol. The summed E-state index contributed by atoms with van der Waals surface area (Å²) in [6, 6.07) is 19.3. The van der Waals surface area contributed by atoms with E-state index in [1.165, 1.54) is 0 Å². The first-order valence-corrected chi connectivity index (χ1v) is 9.57. The van der Waals surface area contributed by atoms with E-state index in [0.717, 1.165) is 22.0 Å². The molecule has 0 fully saturated rings. The fourth-order valence-electron chi connectivity index (χ4n) is 2.66. The Balaban J connectivity index is 1.68. The highest BCUT2D eigenvalue weighted by Crippen LogP contribution is 2.20. The van der Waals surface area contributed by atoms with E-state index >= 15 is 0 Å². The normalized spacial score (nSPS) is 13.0. The van der Waals surface area contributed by atoms with Crippen molar-refractivity contribution < 1.29 is 8.42 Å². The van der Waals surface area contributed by atoms with Crippen molar-refractivity contribution in [3.63, 3.8) is 0 Å². The number of aryl methyl sites for hydroxylation is 1. The molecule has 5 heteroatoms. The second-order valence-electron chi connectivity index (χ2n) is 5.84. The lowest BCUT2D eigenvalue weighted by Gasteiger charge is -2.15. The van der Waals surface area contributed by atoms with E-state index in [9.17, 15) is 8.42 Å². The standard InChI is InChI=1S/C19H20N2O2S/c1-15(17-10-9-16-6-2-3-7-18(16)14-17)21-24(22,23)13-11-19-8-4-5-12-20-19/h2-10,12,14-15,21H,11,13H2,1H3/t15-/m0/s1. The van der Waals surface area contributed by atoms with Crippen LogP contribution in [0.2, 0.25) is 0 Å². The molecule has 3 rings (SSSR count). The Morgan fingerprint density at radius 3 is 2.50 bits per heavy atom. The summed E-state index contributed by atoms with van der Waals surface area (Å²) in [5.41, 5.74) is 1.73. The Hall–Kier alpha value is -2.24. The predicted molar refractivity (Wildman–Crippen MR) is 97.2 cm³/mol. The summed E-state index contributed by atoms with van der Waals surface area (Å²) in [7, 11) is -3.37. The zero-order chi connectivity index (χ0) is 17.0. The molecule has 0 amide bonds. The van der Waals surface area contributed by atoms with Crippen LogP contribution >= 0.6 is 0 Å². The summed E-state index contributed by atoms with van der Waals surface area (Å²) in [5.74, 6) is 0.0297. The molecule has 0 radical (unpaired) electrons. The number of aromatic nitrogens is 1. The lowest BCUT2D eigenvalue weighted by atomic mass is 10.0. The number of rotatable bonds is 6. The maximum atomic E-state index is 12.3. The molecule has 3 aromatic rings. The van der Waals surface area contributed by atoms with Crippen molar-refractivity contribution in [2.75, 3.05) is 5.75 Å². The molecule has 1 heterocycles. The van der Waals surface area contributed by atoms with Gasteiger partial charge in [0.1, 0.15) is 0 Å². The van der Waals surface area contributed by atoms with Crippen LogP contribution in [0.25, 0.3) is 10.8 Å². The third kappa shape index (κ3) is 4.19. The largest absolute Gasteiger partial charge is 0.261 e. The van der Waals surface area contributed by atoms with Crippen molar-refractivity contribution in [1.29, 1.82) is 0 Å². The van der Waals surface area contributed by atoms with E-state index in [2.05, 4.69) is 9.71 Å². The highest BCUT2D eigenvalue weighted by molar-refractivity contribution is 7.89. The van der Waals surface area contributed by atoms with Crippen molar-refractivity contribution in [3.8, 4) is 0 Å². The SMILES string of the molecule is C[C@H](NS(=O)(=O)CCc1ccccn1)c1ccc2ccccc2c1. The Morgan fingerprint density at radius 2 is 1.75 bits per heavy atom. The van der Waals surface area contributed by atoms with Gasteiger partial charge in [0, 0.05) is 24.4 Å². The Kier molecular flexibility index (Phi) is 4.92. The Bertz CT molecular complexity index is 924. The van der Waals surface area contributed by atoms with Gasteiger partial charge in [-0.3, -0.25) is 4.98 Å². The summed E-state index contributed by atoms with van der Waals surface area (Å²) < 4.78 is 27.4. The number of nitrogens with one attached hydrogen (secondary N) is 1. The number of hydrogen-bond acceptors (Lipinski definition) is 3. The minimum absolute atomic E-state index is 0.0297. The van der Waals surface area contributed by atoms with Gasteiger partial charge in [-0.25, -0.2) is 13.1 Å². The lowest BCUT2D eigenvalue weighted by molar-refractivity contribution is 0.566. The van der Waals surface area contributed by atoms with Crippen molar-refractivity contribution in [3.05, 3.63) is 78.1 Å². The lowest BCUT2D eigenvalue weighted by Crippen LogP contribution is -2.30. The van der Waals surface area contributed by atoms with Crippen LogP contribution in [0.5, 0.6) is 0 Å². The molecule has 0 aliphatic rings. The zero-order valence-electron chi connectivity index (χ0n) is 13.5. The van der Waals surface area contributed by atoms with Gasteiger partial charge in [-0.15, -0.1) is 0 Å². The third-order valence-corrected chi connectivity index (χ3v) is 5.44. The molecule has 0 saturated carbocycles. The van der Waals surface area contributed by atoms with Crippen LogP contribution in [-0.2, 0) is 16.4 Å². The van der Waals surface area contributed by atoms with Gasteiger partial charge >= 0.3 is 0 Å². The Morgan fingerprint density at radius 1 is 1.00 bits per heavy atom. The fourth-order valence-corrected chi connectivity index (χ4v) is 3.93. The van der Waals surface area contributed by atoms with Crippen LogP contribution in [0, 0.1) is 0 Å². The molecule has 124 valence electrons. The number of sulfonamides is 1. The van der Waals surface area contributed by atoms with Crippen molar-refractivity contribution >= 4 is 20.8 Å². The van der Waals surface area contributed by atoms with Gasteiger partial charge in [-0.1, -0.05) is 42.5 Å². The molecule has 0 bridgehead atoms. The van der Waals surface area contributed by atoms with Crippen LogP contribution < -0.4 is 4.72 Å². The molecular formula is C19H20N2O2S. The number of pyridine rings is 1. The first kappa shape index (κ1) is 16.6. The minimum Gasteiger partial charge on any atom is -0.261 e. The first-order chi connectivity index (χ1) is 11.5. The van der Waals surface area contributed by atoms with Crippen LogP contribution in [0.15, 0.2) is 66.9 Å². The number of fused-ring (bicyclic) bond motifs is 1. The minimum atomic E-state index is -3.37. The van der Waals surface area contributed by atoms with Gasteiger partial charge in [0.05, 0.1) is 5.75 Å². The second-order valence-corrected chi connectivity index (χ2v) is 7.71. The quantitative estimate of drug-likeness (QED) is 0.747. The molecule has 0 aliphatic heterocycles. The molecule has 0 unspecified atom stereocenters. The summed E-state index contributed by atoms with van der Waals surface area (Å²) >= 11 is 0. The maximum absolute atomic E-state index is 12.3. The van der Waals surface area contributed by atoms with Gasteiger partial charge in [-0.2, -0.15) is 0 Å². The zero-order valence-corrected chi connectivity index (χ0v) is 14.3. The van der Waals surface area contributed by atoms with Crippen molar-refractivity contribution in [2.24, 2.45) is 0 Å². The van der Waals surface area contributed by atoms with E-state index in [4.69, 9.17) is 0 Å². The summed E-state index contributed by atoms with van der Waals surface area (Å²) in [6.07, 6.45) is 2.08. The monoisotopic (exact) mass is 340 g/mol. The molecule has 24 heavy (non-hydrogen) atoms. The molecule has 0 spiro atoms. The van der Waals surface area contributed by atoms with Gasteiger partial charge in [0.25, 0.3) is 0 Å². The molecule has 0 aliphatic carbocycles. The highest BCUT2D eigenvalue weighted by Gasteiger charge is 2.16. The summed E-state index contributed by atoms with van der Waals surface area (Å²) in [4.78, 5) is 4.16. The fraction of sp³-hybridized carbons (Fsp3) is 0.211. The van der Waals surface area contributed by atoms with Gasteiger partial charge in [-0.05, 0) is 41.5 Å². The molecule has 1 atom stereocenters. The van der Waals surface area contributed by atoms with Crippen LogP contribution in [0.1, 0.15) is 24.2 Å². The molecule has 2 aromatic carbocycles. The van der Waals surface area contributed by atoms with E-state index < -0.39 is 10.0 Å². The first-order valence-electron chi connectivity index (χ1n) is 7.92. The molecule has 4 nitrogen and oxygen atoms in total. The third-order valence-electron chi connectivity index (χ3n) is 3.98. The number of hydrogen-bond donors (Lipinski definition) is 1. The number of nitrogens with zero attached hydrogens (tertiary/aromatic N) is 1. The topological polar surface area (TPSA) is 59.1 Å². The molecule has 1 aromatic heterocycles. The highest BCUT2D eigenvalue weighted by atomic mass is 32.2. The van der Waals surface area contributed by atoms with Crippen molar-refractivity contribution in [2.45, 2.75) is 19.4 Å². The van der Waals surface area contributed by atoms with E-state index in [1.54, 1.807) is 6.20 Å². The number of benzene rings is 2. The van der Waals surface area contributed by atoms with Gasteiger partial charge < -0.3 is 0 Å². The summed E-state index contributed by atoms with van der Waals surface area (Å²) in [6.45, 7) is 1.86. The second kappa shape index (κ2) is 7.11. The average Bonchev–Trinajstić information content (AvgIpc) is 2.60. The molecule has 0 saturated heterocycles. The maximum Gasteiger partial charge on any atom is 0.212 e. The van der Waals surface area contributed by atoms with Gasteiger partial charge in [0.15, 0.2) is 0 Å². The van der Waals surface area contributed by atoms with Crippen molar-refractivity contribution in [1.82, 2.24) is 9.71 Å². The summed E-state index contributed by atoms with van der Waals surface area (Å²) in [5, 5.41) is 2.25. The molecule has 1 N–H and O–H groups in total. The average molecular weight is 340 g/mol. The van der Waals surface area contributed by atoms with E-state index in [-0.39, 0.29) is 11.8 Å². The Labute approximate surface area is 142 Å². The predicted octanol–water partition coefficient (Wildman–Crippen LogP) is 3.46. The smallest absolute Gasteiger partial charge is 0.212 e. The van der Waals surface area contributed by atoms with Crippen LogP contribution in [0.4, 0.5) is 0 Å². The van der Waals surface area contributed by atoms with E-state index in [0.29, 0.717) is 6.42 Å². The van der Waals surface area contributed by atoms with E-state index in [1.807, 2.05) is 67.6 Å². The van der Waals surface area contributed by atoms with Gasteiger partial charge in [0.2, 0.25) is 10.0 Å².